The van der Waals surface area contributed by atoms with Crippen LogP contribution in [0.25, 0.3) is 71.6 Å². The molecule has 0 amide bonds. The molecule has 8 rings (SSSR count). The molecule has 0 saturated carbocycles. The quantitative estimate of drug-likeness (QED) is 0.191. The molecule has 0 fully saturated rings. The Morgan fingerprint density at radius 1 is 0.558 bits per heavy atom. The fourth-order valence-corrected chi connectivity index (χ4v) is 6.07. The van der Waals surface area contributed by atoms with Crippen molar-refractivity contribution < 1.29 is 13.7 Å². The predicted octanol–water partition coefficient (Wildman–Crippen LogP) is 10.9. The van der Waals surface area contributed by atoms with Crippen LogP contribution in [0.3, 0.4) is 0 Å². The van der Waals surface area contributed by atoms with Crippen LogP contribution in [0, 0.1) is 0 Å². The van der Waals surface area contributed by atoms with Gasteiger partial charge in [0.05, 0.1) is 24.7 Å². The molecule has 0 radical (unpaired) electrons. The zero-order valence-corrected chi connectivity index (χ0v) is 23.3. The number of hydrogen-bond acceptors (Lipinski definition) is 1. The molecule has 8 aromatic rings. The molecule has 1 aromatic heterocycles. The minimum Gasteiger partial charge on any atom is -0.296 e. The van der Waals surface area contributed by atoms with Crippen molar-refractivity contribution in [1.29, 1.82) is 0 Å². The van der Waals surface area contributed by atoms with Crippen LogP contribution < -0.4 is 0 Å². The van der Waals surface area contributed by atoms with Crippen molar-refractivity contribution in [3.8, 4) is 39.1 Å². The maximum atomic E-state index is 9.01. The van der Waals surface area contributed by atoms with Gasteiger partial charge < -0.3 is 0 Å². The smallest absolute Gasteiger partial charge is 0.114 e. The highest BCUT2D eigenvalue weighted by Gasteiger charge is 2.18. The zero-order valence-electron chi connectivity index (χ0n) is 33.3. The van der Waals surface area contributed by atoms with Gasteiger partial charge in [0.15, 0.2) is 0 Å². The van der Waals surface area contributed by atoms with Crippen molar-refractivity contribution in [1.82, 2.24) is 9.55 Å². The van der Waals surface area contributed by atoms with Crippen LogP contribution in [0.5, 0.6) is 0 Å². The number of nitrogens with zero attached hydrogens (tertiary/aromatic N) is 2. The summed E-state index contributed by atoms with van der Waals surface area (Å²) in [6.07, 6.45) is 0.712. The summed E-state index contributed by atoms with van der Waals surface area (Å²) in [4.78, 5) is 4.85. The lowest BCUT2D eigenvalue weighted by Gasteiger charge is -2.19. The maximum absolute atomic E-state index is 9.01. The minimum atomic E-state index is -0.510. The molecular formula is C41H30N2. The Labute approximate surface area is 265 Å². The first-order valence-corrected chi connectivity index (χ1v) is 14.1. The SMILES string of the molecule is [2H]c1c([2H])c([2H])c(-c2c3ccccc3c(-c3c([2H])c([2H])c([2H])c([2H])c3[2H])c3cc(-c4cccc(-n5c(CC)nc6ccccc65)c4)ccc23)c([2H])c1[2H]. The molecule has 0 aliphatic heterocycles. The summed E-state index contributed by atoms with van der Waals surface area (Å²) in [6, 6.07) is 24.2. The van der Waals surface area contributed by atoms with E-state index >= 15 is 0 Å². The molecular weight excluding hydrogens is 520 g/mol. The summed E-state index contributed by atoms with van der Waals surface area (Å²) in [5, 5.41) is 2.00. The third-order valence-corrected chi connectivity index (χ3v) is 7.91. The van der Waals surface area contributed by atoms with Gasteiger partial charge in [-0.2, -0.15) is 0 Å². The van der Waals surface area contributed by atoms with Gasteiger partial charge in [-0.3, -0.25) is 4.57 Å². The summed E-state index contributed by atoms with van der Waals surface area (Å²) < 4.78 is 88.6. The Morgan fingerprint density at radius 3 is 1.86 bits per heavy atom. The van der Waals surface area contributed by atoms with Crippen molar-refractivity contribution in [2.75, 3.05) is 0 Å². The molecule has 2 heteroatoms. The fraction of sp³-hybridized carbons (Fsp3) is 0.0488. The fourth-order valence-electron chi connectivity index (χ4n) is 6.07. The van der Waals surface area contributed by atoms with Gasteiger partial charge in [0.1, 0.15) is 5.82 Å². The van der Waals surface area contributed by atoms with E-state index in [1.165, 1.54) is 0 Å². The first-order valence-electron chi connectivity index (χ1n) is 19.1. The molecule has 204 valence electrons. The summed E-state index contributed by atoms with van der Waals surface area (Å²) in [6.45, 7) is 2.06. The van der Waals surface area contributed by atoms with E-state index in [0.717, 1.165) is 33.7 Å². The van der Waals surface area contributed by atoms with E-state index in [0.29, 0.717) is 39.1 Å². The lowest BCUT2D eigenvalue weighted by atomic mass is 9.85. The number of aromatic nitrogens is 2. The molecule has 0 N–H and O–H groups in total. The Morgan fingerprint density at radius 2 is 1.16 bits per heavy atom. The number of aryl methyl sites for hydroxylation is 1. The molecule has 0 saturated heterocycles. The lowest BCUT2D eigenvalue weighted by Crippen LogP contribution is -2.00. The van der Waals surface area contributed by atoms with Gasteiger partial charge in [-0.25, -0.2) is 4.98 Å². The Hall–Kier alpha value is -5.47. The molecule has 0 atom stereocenters. The molecule has 7 aromatic carbocycles. The molecule has 0 spiro atoms. The topological polar surface area (TPSA) is 17.8 Å². The Kier molecular flexibility index (Phi) is 4.08. The number of fused-ring (bicyclic) bond motifs is 3. The molecule has 0 unspecified atom stereocenters. The summed E-state index contributed by atoms with van der Waals surface area (Å²) in [5.74, 6) is 0.903. The first-order chi connectivity index (χ1) is 25.4. The van der Waals surface area contributed by atoms with E-state index in [2.05, 4.69) is 17.6 Å². The predicted molar refractivity (Wildman–Crippen MR) is 182 cm³/mol. The zero-order chi connectivity index (χ0) is 37.5. The van der Waals surface area contributed by atoms with Crippen LogP contribution >= 0.6 is 0 Å². The standard InChI is InChI=1S/C41H30N2/c1-2-39-42-37-22-11-12-23-38(37)43(39)32-19-13-18-30(26-32)31-24-25-35-36(27-31)41(29-16-7-4-8-17-29)34-21-10-9-20-33(34)40(35)28-14-5-3-6-15-28/h3-27H,2H2,1H3/i3D,4D,5D,6D,7D,8D,14D,15D,16D,17D. The lowest BCUT2D eigenvalue weighted by molar-refractivity contribution is 0.908. The van der Waals surface area contributed by atoms with Gasteiger partial charge in [0, 0.05) is 12.1 Å². The monoisotopic (exact) mass is 560 g/mol. The van der Waals surface area contributed by atoms with Crippen molar-refractivity contribution in [3.63, 3.8) is 0 Å². The minimum absolute atomic E-state index is 0.00758. The van der Waals surface area contributed by atoms with Crippen LogP contribution in [0.2, 0.25) is 0 Å². The summed E-state index contributed by atoms with van der Waals surface area (Å²) in [5.41, 5.74) is 5.15. The Balaban J connectivity index is 1.51. The normalized spacial score (nSPS) is 14.7. The number of hydrogen-bond donors (Lipinski definition) is 0. The van der Waals surface area contributed by atoms with E-state index in [1.54, 1.807) is 24.3 Å². The van der Waals surface area contributed by atoms with Crippen molar-refractivity contribution in [3.05, 3.63) is 157 Å². The Bertz CT molecular complexity index is 2780. The highest BCUT2D eigenvalue weighted by molar-refractivity contribution is 6.21. The largest absolute Gasteiger partial charge is 0.296 e. The van der Waals surface area contributed by atoms with E-state index in [4.69, 9.17) is 18.7 Å². The van der Waals surface area contributed by atoms with Gasteiger partial charge >= 0.3 is 0 Å². The van der Waals surface area contributed by atoms with Crippen LogP contribution in [0.15, 0.2) is 151 Å². The molecule has 43 heavy (non-hydrogen) atoms. The third-order valence-electron chi connectivity index (χ3n) is 7.91. The van der Waals surface area contributed by atoms with Crippen LogP contribution in [-0.4, -0.2) is 9.55 Å². The van der Waals surface area contributed by atoms with E-state index in [9.17, 15) is 0 Å². The number of para-hydroxylation sites is 2. The van der Waals surface area contributed by atoms with Crippen LogP contribution in [0.1, 0.15) is 26.5 Å². The highest BCUT2D eigenvalue weighted by atomic mass is 15.1. The third kappa shape index (κ3) is 4.23. The van der Waals surface area contributed by atoms with Gasteiger partial charge in [0.25, 0.3) is 0 Å². The molecule has 2 nitrogen and oxygen atoms in total. The molecule has 0 bridgehead atoms. The molecule has 0 aliphatic carbocycles. The van der Waals surface area contributed by atoms with E-state index in [-0.39, 0.29) is 35.3 Å². The average Bonchev–Trinajstić information content (AvgIpc) is 3.57. The summed E-state index contributed by atoms with van der Waals surface area (Å²) in [7, 11) is 0. The van der Waals surface area contributed by atoms with E-state index in [1.807, 2.05) is 60.7 Å². The van der Waals surface area contributed by atoms with Crippen molar-refractivity contribution >= 4 is 32.6 Å². The first kappa shape index (κ1) is 16.8. The maximum Gasteiger partial charge on any atom is 0.114 e. The second-order valence-electron chi connectivity index (χ2n) is 10.3. The molecule has 0 aliphatic rings. The van der Waals surface area contributed by atoms with Gasteiger partial charge in [-0.15, -0.1) is 0 Å². The van der Waals surface area contributed by atoms with Crippen LogP contribution in [-0.2, 0) is 6.42 Å². The van der Waals surface area contributed by atoms with Crippen LogP contribution in [0.4, 0.5) is 0 Å². The van der Waals surface area contributed by atoms with Crippen molar-refractivity contribution in [2.45, 2.75) is 13.3 Å². The second-order valence-corrected chi connectivity index (χ2v) is 10.3. The molecule has 1 heterocycles. The summed E-state index contributed by atoms with van der Waals surface area (Å²) >= 11 is 0. The van der Waals surface area contributed by atoms with Crippen molar-refractivity contribution in [2.24, 2.45) is 0 Å². The van der Waals surface area contributed by atoms with E-state index < -0.39 is 36.3 Å². The number of rotatable bonds is 5. The van der Waals surface area contributed by atoms with Gasteiger partial charge in [-0.1, -0.05) is 128 Å². The number of benzene rings is 7. The van der Waals surface area contributed by atoms with Gasteiger partial charge in [0.2, 0.25) is 0 Å². The second kappa shape index (κ2) is 10.4. The number of imidazole rings is 1. The average molecular weight is 561 g/mol. The van der Waals surface area contributed by atoms with Gasteiger partial charge in [-0.05, 0) is 85.3 Å². The highest BCUT2D eigenvalue weighted by Crippen LogP contribution is 2.44.